The van der Waals surface area contributed by atoms with E-state index in [1.165, 1.54) is 18.2 Å². The molecule has 0 atom stereocenters. The average Bonchev–Trinajstić information content (AvgIpc) is 2.43. The van der Waals surface area contributed by atoms with Crippen molar-refractivity contribution in [2.45, 2.75) is 0 Å². The van der Waals surface area contributed by atoms with Crippen LogP contribution in [0.1, 0.15) is 16.7 Å². The van der Waals surface area contributed by atoms with Gasteiger partial charge in [0.15, 0.2) is 17.5 Å². The van der Waals surface area contributed by atoms with Gasteiger partial charge in [-0.3, -0.25) is 0 Å². The number of nitrogens with zero attached hydrogens (tertiary/aromatic N) is 3. The lowest BCUT2D eigenvalue weighted by Crippen LogP contribution is -2.21. The lowest BCUT2D eigenvalue weighted by molar-refractivity contribution is 0.318. The van der Waals surface area contributed by atoms with E-state index in [4.69, 9.17) is 32.8 Å². The summed E-state index contributed by atoms with van der Waals surface area (Å²) in [5.74, 6) is -0.598. The third-order valence-electron chi connectivity index (χ3n) is 2.14. The molecule has 1 aromatic rings. The average molecular weight is 252 g/mol. The fourth-order valence-corrected chi connectivity index (χ4v) is 1.24. The highest BCUT2D eigenvalue weighted by Gasteiger charge is 2.10. The molecule has 9 heteroatoms. The maximum absolute atomic E-state index is 8.60. The summed E-state index contributed by atoms with van der Waals surface area (Å²) >= 11 is 0. The van der Waals surface area contributed by atoms with Gasteiger partial charge in [0.1, 0.15) is 0 Å². The number of amidine groups is 3. The molecule has 0 aliphatic carbocycles. The molecule has 18 heavy (non-hydrogen) atoms. The van der Waals surface area contributed by atoms with Crippen LogP contribution in [0.4, 0.5) is 0 Å². The molecule has 0 bridgehead atoms. The van der Waals surface area contributed by atoms with E-state index in [9.17, 15) is 0 Å². The molecule has 9 nitrogen and oxygen atoms in total. The van der Waals surface area contributed by atoms with Crippen LogP contribution in [0.2, 0.25) is 0 Å². The smallest absolute Gasteiger partial charge is 0.170 e. The van der Waals surface area contributed by atoms with Gasteiger partial charge in [0, 0.05) is 16.7 Å². The maximum atomic E-state index is 8.60. The van der Waals surface area contributed by atoms with Crippen LogP contribution in [0.25, 0.3) is 0 Å². The van der Waals surface area contributed by atoms with Crippen LogP contribution in [0.5, 0.6) is 0 Å². The summed E-state index contributed by atoms with van der Waals surface area (Å²) in [6.07, 6.45) is 0. The molecule has 9 N–H and O–H groups in total. The van der Waals surface area contributed by atoms with Crippen LogP contribution < -0.4 is 17.2 Å². The van der Waals surface area contributed by atoms with Gasteiger partial charge in [-0.15, -0.1) is 0 Å². The third kappa shape index (κ3) is 2.58. The summed E-state index contributed by atoms with van der Waals surface area (Å²) in [4.78, 5) is 0. The van der Waals surface area contributed by atoms with E-state index >= 15 is 0 Å². The first-order valence-electron chi connectivity index (χ1n) is 4.62. The summed E-state index contributed by atoms with van der Waals surface area (Å²) in [5, 5.41) is 34.3. The van der Waals surface area contributed by atoms with Gasteiger partial charge in [0.05, 0.1) is 0 Å². The Balaban J connectivity index is 3.48. The van der Waals surface area contributed by atoms with Gasteiger partial charge >= 0.3 is 0 Å². The molecule has 0 fully saturated rings. The number of hydrogen-bond acceptors (Lipinski definition) is 6. The molecule has 0 radical (unpaired) electrons. The van der Waals surface area contributed by atoms with Crippen molar-refractivity contribution >= 4 is 17.5 Å². The predicted molar refractivity (Wildman–Crippen MR) is 64.0 cm³/mol. The zero-order chi connectivity index (χ0) is 13.7. The Kier molecular flexibility index (Phi) is 3.92. The Bertz CT molecular complexity index is 449. The van der Waals surface area contributed by atoms with E-state index in [2.05, 4.69) is 15.5 Å². The lowest BCUT2D eigenvalue weighted by atomic mass is 10.0. The molecule has 0 aliphatic heterocycles. The van der Waals surface area contributed by atoms with Crippen molar-refractivity contribution in [3.05, 3.63) is 34.9 Å². The molecule has 0 saturated heterocycles. The van der Waals surface area contributed by atoms with Gasteiger partial charge in [-0.25, -0.2) is 0 Å². The normalized spacial score (nSPS) is 13.7. The largest absolute Gasteiger partial charge is 0.409 e. The minimum atomic E-state index is -0.199. The molecule has 0 unspecified atom stereocenters. The van der Waals surface area contributed by atoms with E-state index in [-0.39, 0.29) is 34.2 Å². The third-order valence-corrected chi connectivity index (χ3v) is 2.14. The van der Waals surface area contributed by atoms with Crippen molar-refractivity contribution in [2.24, 2.45) is 32.7 Å². The second-order valence-corrected chi connectivity index (χ2v) is 3.25. The highest BCUT2D eigenvalue weighted by molar-refractivity contribution is 6.06. The van der Waals surface area contributed by atoms with Crippen LogP contribution in [-0.4, -0.2) is 33.1 Å². The van der Waals surface area contributed by atoms with Crippen molar-refractivity contribution in [1.29, 1.82) is 0 Å². The van der Waals surface area contributed by atoms with Crippen LogP contribution >= 0.6 is 0 Å². The van der Waals surface area contributed by atoms with Gasteiger partial charge < -0.3 is 32.8 Å². The SMILES string of the molecule is NC(=NO)c1cc(C(N)=NO)cc(C(N)=NO)c1. The molecule has 0 aromatic heterocycles. The van der Waals surface area contributed by atoms with Crippen molar-refractivity contribution in [3.8, 4) is 0 Å². The van der Waals surface area contributed by atoms with Gasteiger partial charge in [0.25, 0.3) is 0 Å². The molecule has 0 spiro atoms. The number of oxime groups is 3. The summed E-state index contributed by atoms with van der Waals surface area (Å²) < 4.78 is 0. The maximum Gasteiger partial charge on any atom is 0.170 e. The number of benzene rings is 1. The number of rotatable bonds is 3. The van der Waals surface area contributed by atoms with Gasteiger partial charge in [-0.05, 0) is 18.2 Å². The second-order valence-electron chi connectivity index (χ2n) is 3.25. The predicted octanol–water partition coefficient (Wildman–Crippen LogP) is -1.03. The van der Waals surface area contributed by atoms with Crippen molar-refractivity contribution in [2.75, 3.05) is 0 Å². The first kappa shape index (κ1) is 13.1. The lowest BCUT2D eigenvalue weighted by Gasteiger charge is -2.07. The molecule has 0 aliphatic rings. The first-order chi connectivity index (χ1) is 8.53. The van der Waals surface area contributed by atoms with Gasteiger partial charge in [-0.2, -0.15) is 0 Å². The van der Waals surface area contributed by atoms with Gasteiger partial charge in [0.2, 0.25) is 0 Å². The minimum absolute atomic E-state index is 0.199. The van der Waals surface area contributed by atoms with E-state index in [1.54, 1.807) is 0 Å². The monoisotopic (exact) mass is 252 g/mol. The molecule has 0 heterocycles. The zero-order valence-corrected chi connectivity index (χ0v) is 9.15. The Labute approximate surface area is 101 Å². The quantitative estimate of drug-likeness (QED) is 0.173. The summed E-state index contributed by atoms with van der Waals surface area (Å²) in [5.41, 5.74) is 17.1. The highest BCUT2D eigenvalue weighted by atomic mass is 16.4. The molecule has 0 saturated carbocycles. The van der Waals surface area contributed by atoms with Crippen molar-refractivity contribution in [3.63, 3.8) is 0 Å². The summed E-state index contributed by atoms with van der Waals surface area (Å²) in [6, 6.07) is 4.24. The molecule has 0 amide bonds. The number of nitrogens with two attached hydrogens (primary N) is 3. The topological polar surface area (TPSA) is 176 Å². The van der Waals surface area contributed by atoms with Crippen LogP contribution in [0, 0.1) is 0 Å². The first-order valence-corrected chi connectivity index (χ1v) is 4.62. The van der Waals surface area contributed by atoms with E-state index in [1.807, 2.05) is 0 Å². The summed E-state index contributed by atoms with van der Waals surface area (Å²) in [7, 11) is 0. The van der Waals surface area contributed by atoms with Crippen molar-refractivity contribution in [1.82, 2.24) is 0 Å². The molecule has 1 rings (SSSR count). The molecular weight excluding hydrogens is 240 g/mol. The Morgan fingerprint density at radius 3 is 1.06 bits per heavy atom. The van der Waals surface area contributed by atoms with Crippen LogP contribution in [-0.2, 0) is 0 Å². The van der Waals surface area contributed by atoms with Crippen molar-refractivity contribution < 1.29 is 15.6 Å². The fourth-order valence-electron chi connectivity index (χ4n) is 1.24. The fraction of sp³-hybridized carbons (Fsp3) is 0. The Morgan fingerprint density at radius 1 is 0.667 bits per heavy atom. The molecule has 96 valence electrons. The highest BCUT2D eigenvalue weighted by Crippen LogP contribution is 2.10. The van der Waals surface area contributed by atoms with E-state index in [0.717, 1.165) is 0 Å². The van der Waals surface area contributed by atoms with E-state index in [0.29, 0.717) is 0 Å². The summed E-state index contributed by atoms with van der Waals surface area (Å²) in [6.45, 7) is 0. The zero-order valence-electron chi connectivity index (χ0n) is 9.15. The standard InChI is InChI=1S/C9H12N6O3/c10-7(13-16)4-1-5(8(11)14-17)3-6(2-4)9(12)15-18/h1-3,16-18H,(H2,10,13)(H2,11,14)(H2,12,15). The van der Waals surface area contributed by atoms with E-state index < -0.39 is 0 Å². The van der Waals surface area contributed by atoms with Crippen LogP contribution in [0.3, 0.4) is 0 Å². The second kappa shape index (κ2) is 5.39. The minimum Gasteiger partial charge on any atom is -0.409 e. The van der Waals surface area contributed by atoms with Gasteiger partial charge in [-0.1, -0.05) is 15.5 Å². The molecular formula is C9H12N6O3. The Morgan fingerprint density at radius 2 is 0.889 bits per heavy atom. The Hall–Kier alpha value is -2.97. The van der Waals surface area contributed by atoms with Crippen LogP contribution in [0.15, 0.2) is 33.7 Å². The number of hydrogen-bond donors (Lipinski definition) is 6. The molecule has 1 aromatic carbocycles.